The van der Waals surface area contributed by atoms with Crippen LogP contribution in [0.5, 0.6) is 0 Å². The second kappa shape index (κ2) is 7.17. The highest BCUT2D eigenvalue weighted by Gasteiger charge is 2.44. The number of aromatic nitrogens is 2. The Morgan fingerprint density at radius 1 is 1.16 bits per heavy atom. The van der Waals surface area contributed by atoms with Crippen LogP contribution in [0, 0.1) is 25.6 Å². The van der Waals surface area contributed by atoms with E-state index in [1.807, 2.05) is 4.90 Å². The molecule has 5 rings (SSSR count). The van der Waals surface area contributed by atoms with E-state index < -0.39 is 22.7 Å². The molecule has 4 N–H and O–H groups in total. The standard InChI is InChI=1S/C23H31FN4O3/c1-12-16-18(28(15-5-6-15)22(30)26-21(16)29)13(2)19(17(12)24)27-10-7-14(11-27)20(25)23(31)8-3-4-9-23/h14-15,20,31H,3-11,25H2,1-2H3,(H,26,29,30). The molecule has 0 spiro atoms. The van der Waals surface area contributed by atoms with Crippen LogP contribution < -0.4 is 21.9 Å². The smallest absolute Gasteiger partial charge is 0.329 e. The maximum atomic E-state index is 15.6. The Morgan fingerprint density at radius 2 is 1.84 bits per heavy atom. The van der Waals surface area contributed by atoms with Crippen molar-refractivity contribution in [2.45, 2.75) is 76.5 Å². The quantitative estimate of drug-likeness (QED) is 0.690. The number of fused-ring (bicyclic) bond motifs is 1. The lowest BCUT2D eigenvalue weighted by Crippen LogP contribution is -2.51. The molecule has 1 saturated heterocycles. The van der Waals surface area contributed by atoms with Gasteiger partial charge in [0, 0.05) is 36.3 Å². The Morgan fingerprint density at radius 3 is 2.48 bits per heavy atom. The van der Waals surface area contributed by atoms with Gasteiger partial charge in [-0.15, -0.1) is 0 Å². The molecular weight excluding hydrogens is 399 g/mol. The number of rotatable bonds is 4. The Bertz CT molecular complexity index is 1160. The molecule has 2 aromatic rings. The summed E-state index contributed by atoms with van der Waals surface area (Å²) in [5, 5.41) is 11.2. The number of hydrogen-bond donors (Lipinski definition) is 3. The van der Waals surface area contributed by atoms with Crippen LogP contribution in [0.25, 0.3) is 10.9 Å². The molecule has 2 heterocycles. The van der Waals surface area contributed by atoms with Crippen LogP contribution in [0.15, 0.2) is 9.59 Å². The number of hydrogen-bond acceptors (Lipinski definition) is 5. The second-order valence-corrected chi connectivity index (χ2v) is 9.83. The van der Waals surface area contributed by atoms with E-state index in [-0.39, 0.29) is 29.0 Å². The number of halogens is 1. The van der Waals surface area contributed by atoms with Gasteiger partial charge in [0.1, 0.15) is 0 Å². The van der Waals surface area contributed by atoms with E-state index in [0.717, 1.165) is 44.9 Å². The molecule has 0 radical (unpaired) electrons. The predicted molar refractivity (Wildman–Crippen MR) is 118 cm³/mol. The zero-order chi connectivity index (χ0) is 22.1. The largest absolute Gasteiger partial charge is 0.388 e. The molecule has 8 heteroatoms. The fourth-order valence-electron chi connectivity index (χ4n) is 5.93. The summed E-state index contributed by atoms with van der Waals surface area (Å²) >= 11 is 0. The van der Waals surface area contributed by atoms with E-state index in [9.17, 15) is 14.7 Å². The second-order valence-electron chi connectivity index (χ2n) is 9.83. The van der Waals surface area contributed by atoms with Crippen LogP contribution in [-0.2, 0) is 0 Å². The minimum Gasteiger partial charge on any atom is -0.388 e. The van der Waals surface area contributed by atoms with E-state index >= 15 is 4.39 Å². The number of aliphatic hydroxyl groups is 1. The summed E-state index contributed by atoms with van der Waals surface area (Å²) in [6, 6.07) is -0.281. The van der Waals surface area contributed by atoms with Gasteiger partial charge in [-0.05, 0) is 51.9 Å². The normalized spacial score (nSPS) is 24.3. The summed E-state index contributed by atoms with van der Waals surface area (Å²) < 4.78 is 17.3. The Hall–Kier alpha value is -2.19. The maximum absolute atomic E-state index is 15.6. The van der Waals surface area contributed by atoms with Gasteiger partial charge in [0.05, 0.1) is 22.2 Å². The number of aryl methyl sites for hydroxylation is 2. The molecule has 2 unspecified atom stereocenters. The Labute approximate surface area is 180 Å². The lowest BCUT2D eigenvalue weighted by atomic mass is 9.83. The fourth-order valence-corrected chi connectivity index (χ4v) is 5.93. The van der Waals surface area contributed by atoms with E-state index in [4.69, 9.17) is 5.73 Å². The van der Waals surface area contributed by atoms with E-state index in [1.165, 1.54) is 0 Å². The van der Waals surface area contributed by atoms with E-state index in [1.54, 1.807) is 18.4 Å². The highest BCUT2D eigenvalue weighted by atomic mass is 19.1. The first-order valence-electron chi connectivity index (χ1n) is 11.4. The van der Waals surface area contributed by atoms with Crippen molar-refractivity contribution in [2.24, 2.45) is 11.7 Å². The van der Waals surface area contributed by atoms with Gasteiger partial charge < -0.3 is 15.7 Å². The van der Waals surface area contributed by atoms with Crippen molar-refractivity contribution in [3.63, 3.8) is 0 Å². The van der Waals surface area contributed by atoms with Gasteiger partial charge in [0.15, 0.2) is 5.82 Å². The predicted octanol–water partition coefficient (Wildman–Crippen LogP) is 2.24. The van der Waals surface area contributed by atoms with Gasteiger partial charge in [-0.2, -0.15) is 0 Å². The zero-order valence-corrected chi connectivity index (χ0v) is 18.2. The number of anilines is 1. The molecule has 7 nitrogen and oxygen atoms in total. The van der Waals surface area contributed by atoms with E-state index in [2.05, 4.69) is 4.98 Å². The topological polar surface area (TPSA) is 104 Å². The third-order valence-corrected chi connectivity index (χ3v) is 7.82. The summed E-state index contributed by atoms with van der Waals surface area (Å²) in [6.07, 6.45) is 5.98. The number of aromatic amines is 1. The van der Waals surface area contributed by atoms with E-state index in [0.29, 0.717) is 29.9 Å². The van der Waals surface area contributed by atoms with Crippen LogP contribution in [-0.4, -0.2) is 39.4 Å². The molecule has 1 aromatic carbocycles. The van der Waals surface area contributed by atoms with Crippen LogP contribution in [0.4, 0.5) is 10.1 Å². The van der Waals surface area contributed by atoms with Crippen molar-refractivity contribution in [3.05, 3.63) is 37.8 Å². The lowest BCUT2D eigenvalue weighted by Gasteiger charge is -2.34. The first-order chi connectivity index (χ1) is 14.7. The summed E-state index contributed by atoms with van der Waals surface area (Å²) in [5.74, 6) is -0.340. The van der Waals surface area contributed by atoms with Gasteiger partial charge in [-0.3, -0.25) is 14.3 Å². The summed E-state index contributed by atoms with van der Waals surface area (Å²) in [7, 11) is 0. The van der Waals surface area contributed by atoms with Crippen molar-refractivity contribution >= 4 is 16.6 Å². The molecule has 3 aliphatic rings. The molecule has 0 bridgehead atoms. The SMILES string of the molecule is Cc1c(F)c(N2CCC(C(N)C3(O)CCCC3)C2)c(C)c2c1c(=O)[nH]c(=O)n2C1CC1. The van der Waals surface area contributed by atoms with Crippen molar-refractivity contribution in [2.75, 3.05) is 18.0 Å². The van der Waals surface area contributed by atoms with Crippen molar-refractivity contribution < 1.29 is 9.50 Å². The molecule has 168 valence electrons. The molecule has 1 aliphatic heterocycles. The van der Waals surface area contributed by atoms with Crippen LogP contribution in [0.2, 0.25) is 0 Å². The third kappa shape index (κ3) is 3.14. The van der Waals surface area contributed by atoms with Crippen LogP contribution >= 0.6 is 0 Å². The molecule has 2 saturated carbocycles. The minimum atomic E-state index is -0.826. The molecule has 2 aliphatic carbocycles. The number of nitrogens with one attached hydrogen (secondary N) is 1. The lowest BCUT2D eigenvalue weighted by molar-refractivity contribution is 0.00442. The van der Waals surface area contributed by atoms with Gasteiger partial charge in [0.25, 0.3) is 5.56 Å². The molecule has 0 amide bonds. The average Bonchev–Trinajstić information content (AvgIpc) is 3.26. The number of H-pyrrole nitrogens is 1. The zero-order valence-electron chi connectivity index (χ0n) is 18.2. The van der Waals surface area contributed by atoms with Crippen molar-refractivity contribution in [3.8, 4) is 0 Å². The molecule has 2 atom stereocenters. The molecule has 31 heavy (non-hydrogen) atoms. The third-order valence-electron chi connectivity index (χ3n) is 7.82. The molecule has 3 fully saturated rings. The van der Waals surface area contributed by atoms with Crippen LogP contribution in [0.1, 0.15) is 62.1 Å². The first-order valence-corrected chi connectivity index (χ1v) is 11.4. The van der Waals surface area contributed by atoms with Gasteiger partial charge in [0.2, 0.25) is 0 Å². The Kier molecular flexibility index (Phi) is 4.79. The minimum absolute atomic E-state index is 0.0552. The summed E-state index contributed by atoms with van der Waals surface area (Å²) in [5.41, 5.74) is 6.62. The molecular formula is C23H31FN4O3. The number of nitrogens with two attached hydrogens (primary N) is 1. The number of nitrogens with zero attached hydrogens (tertiary/aromatic N) is 2. The summed E-state index contributed by atoms with van der Waals surface area (Å²) in [6.45, 7) is 4.60. The van der Waals surface area contributed by atoms with Crippen molar-refractivity contribution in [1.82, 2.24) is 9.55 Å². The highest BCUT2D eigenvalue weighted by molar-refractivity contribution is 5.90. The Balaban J connectivity index is 1.59. The van der Waals surface area contributed by atoms with Gasteiger partial charge >= 0.3 is 5.69 Å². The fraction of sp³-hybridized carbons (Fsp3) is 0.652. The maximum Gasteiger partial charge on any atom is 0.329 e. The monoisotopic (exact) mass is 430 g/mol. The van der Waals surface area contributed by atoms with Crippen molar-refractivity contribution in [1.29, 1.82) is 0 Å². The average molecular weight is 431 g/mol. The summed E-state index contributed by atoms with van der Waals surface area (Å²) in [4.78, 5) is 29.5. The van der Waals surface area contributed by atoms with Gasteiger partial charge in [-0.25, -0.2) is 9.18 Å². The number of benzene rings is 1. The van der Waals surface area contributed by atoms with Crippen LogP contribution in [0.3, 0.4) is 0 Å². The first kappa shape index (κ1) is 20.7. The van der Waals surface area contributed by atoms with Gasteiger partial charge in [-0.1, -0.05) is 12.8 Å². The highest BCUT2D eigenvalue weighted by Crippen LogP contribution is 2.42. The molecule has 1 aromatic heterocycles.